The first-order valence-corrected chi connectivity index (χ1v) is 6.15. The predicted molar refractivity (Wildman–Crippen MR) is 62.2 cm³/mol. The summed E-state index contributed by atoms with van der Waals surface area (Å²) in [6.45, 7) is 4.16. The molecule has 2 N–H and O–H groups in total. The van der Waals surface area contributed by atoms with Crippen molar-refractivity contribution in [1.82, 2.24) is 10.1 Å². The molecular formula is C11H20N4O. The molecule has 1 aromatic rings. The van der Waals surface area contributed by atoms with Crippen LogP contribution in [-0.2, 0) is 0 Å². The van der Waals surface area contributed by atoms with E-state index in [-0.39, 0.29) is 6.04 Å². The van der Waals surface area contributed by atoms with Crippen LogP contribution in [0.25, 0.3) is 0 Å². The standard InChI is InChI=1S/C11H20N4O/c1-2-6-9(12)10-13-11(14-16-10)15-7-4-3-5-8-15/h9H,2-8,12H2,1H3. The van der Waals surface area contributed by atoms with Gasteiger partial charge in [-0.25, -0.2) is 0 Å². The van der Waals surface area contributed by atoms with Crippen molar-refractivity contribution < 1.29 is 4.52 Å². The summed E-state index contributed by atoms with van der Waals surface area (Å²) in [5.74, 6) is 1.28. The second-order valence-corrected chi connectivity index (χ2v) is 4.38. The number of anilines is 1. The predicted octanol–water partition coefficient (Wildman–Crippen LogP) is 1.86. The van der Waals surface area contributed by atoms with Crippen molar-refractivity contribution in [3.05, 3.63) is 5.89 Å². The normalized spacial score (nSPS) is 18.8. The highest BCUT2D eigenvalue weighted by atomic mass is 16.5. The molecule has 0 aliphatic carbocycles. The highest BCUT2D eigenvalue weighted by molar-refractivity contribution is 5.28. The maximum Gasteiger partial charge on any atom is 0.266 e. The van der Waals surface area contributed by atoms with E-state index in [0.717, 1.165) is 25.9 Å². The lowest BCUT2D eigenvalue weighted by Gasteiger charge is -2.24. The smallest absolute Gasteiger partial charge is 0.266 e. The molecule has 1 saturated heterocycles. The number of nitrogens with zero attached hydrogens (tertiary/aromatic N) is 3. The van der Waals surface area contributed by atoms with Gasteiger partial charge >= 0.3 is 0 Å². The molecule has 0 spiro atoms. The van der Waals surface area contributed by atoms with Crippen molar-refractivity contribution in [3.8, 4) is 0 Å². The Balaban J connectivity index is 2.00. The molecule has 2 heterocycles. The number of aromatic nitrogens is 2. The molecule has 90 valence electrons. The van der Waals surface area contributed by atoms with Gasteiger partial charge in [0.15, 0.2) is 0 Å². The van der Waals surface area contributed by atoms with E-state index in [0.29, 0.717) is 11.8 Å². The Bertz CT molecular complexity index is 320. The third-order valence-corrected chi connectivity index (χ3v) is 2.99. The fraction of sp³-hybridized carbons (Fsp3) is 0.818. The molecule has 1 unspecified atom stereocenters. The molecule has 0 saturated carbocycles. The van der Waals surface area contributed by atoms with Gasteiger partial charge in [0.1, 0.15) is 0 Å². The third kappa shape index (κ3) is 2.52. The van der Waals surface area contributed by atoms with Gasteiger partial charge in [0.2, 0.25) is 5.89 Å². The summed E-state index contributed by atoms with van der Waals surface area (Å²) in [6.07, 6.45) is 5.65. The lowest BCUT2D eigenvalue weighted by atomic mass is 10.1. The molecule has 1 aromatic heterocycles. The molecule has 1 atom stereocenters. The molecule has 2 rings (SSSR count). The average molecular weight is 224 g/mol. The van der Waals surface area contributed by atoms with Crippen LogP contribution in [0.2, 0.25) is 0 Å². The van der Waals surface area contributed by atoms with Crippen LogP contribution in [0.4, 0.5) is 5.95 Å². The van der Waals surface area contributed by atoms with Gasteiger partial charge in [0, 0.05) is 13.1 Å². The van der Waals surface area contributed by atoms with Crippen LogP contribution in [0.5, 0.6) is 0 Å². The number of rotatable bonds is 4. The maximum absolute atomic E-state index is 5.93. The quantitative estimate of drug-likeness (QED) is 0.845. The third-order valence-electron chi connectivity index (χ3n) is 2.99. The van der Waals surface area contributed by atoms with E-state index in [1.54, 1.807) is 0 Å². The average Bonchev–Trinajstić information content (AvgIpc) is 2.80. The zero-order valence-electron chi connectivity index (χ0n) is 9.85. The molecule has 16 heavy (non-hydrogen) atoms. The molecule has 0 radical (unpaired) electrons. The molecule has 5 heteroatoms. The number of nitrogens with two attached hydrogens (primary N) is 1. The molecule has 0 bridgehead atoms. The van der Waals surface area contributed by atoms with Crippen molar-refractivity contribution in [3.63, 3.8) is 0 Å². The van der Waals surface area contributed by atoms with E-state index in [9.17, 15) is 0 Å². The van der Waals surface area contributed by atoms with Crippen LogP contribution < -0.4 is 10.6 Å². The van der Waals surface area contributed by atoms with Gasteiger partial charge in [0.25, 0.3) is 5.95 Å². The molecule has 0 amide bonds. The highest BCUT2D eigenvalue weighted by Crippen LogP contribution is 2.19. The Kier molecular flexibility index (Phi) is 3.77. The van der Waals surface area contributed by atoms with Crippen LogP contribution in [0.3, 0.4) is 0 Å². The van der Waals surface area contributed by atoms with Crippen molar-refractivity contribution in [2.75, 3.05) is 18.0 Å². The Morgan fingerprint density at radius 3 is 2.81 bits per heavy atom. The Hall–Kier alpha value is -1.10. The van der Waals surface area contributed by atoms with E-state index in [4.69, 9.17) is 10.3 Å². The van der Waals surface area contributed by atoms with Crippen molar-refractivity contribution in [1.29, 1.82) is 0 Å². The van der Waals surface area contributed by atoms with Crippen LogP contribution >= 0.6 is 0 Å². The lowest BCUT2D eigenvalue weighted by Crippen LogP contribution is -2.30. The number of hydrogen-bond donors (Lipinski definition) is 1. The molecule has 1 aliphatic rings. The monoisotopic (exact) mass is 224 g/mol. The summed E-state index contributed by atoms with van der Waals surface area (Å²) in [5.41, 5.74) is 5.93. The van der Waals surface area contributed by atoms with Gasteiger partial charge in [-0.1, -0.05) is 13.3 Å². The summed E-state index contributed by atoms with van der Waals surface area (Å²) in [7, 11) is 0. The summed E-state index contributed by atoms with van der Waals surface area (Å²) in [4.78, 5) is 6.55. The first-order chi connectivity index (χ1) is 7.81. The minimum atomic E-state index is -0.115. The van der Waals surface area contributed by atoms with E-state index >= 15 is 0 Å². The van der Waals surface area contributed by atoms with Gasteiger partial charge in [-0.3, -0.25) is 0 Å². The first-order valence-electron chi connectivity index (χ1n) is 6.15. The molecule has 0 aromatic carbocycles. The zero-order valence-corrected chi connectivity index (χ0v) is 9.85. The SMILES string of the molecule is CCCC(N)c1nc(N2CCCCC2)no1. The minimum absolute atomic E-state index is 0.115. The Morgan fingerprint density at radius 2 is 2.12 bits per heavy atom. The summed E-state index contributed by atoms with van der Waals surface area (Å²) < 4.78 is 5.20. The van der Waals surface area contributed by atoms with Crippen molar-refractivity contribution in [2.45, 2.75) is 45.1 Å². The summed E-state index contributed by atoms with van der Waals surface area (Å²) >= 11 is 0. The fourth-order valence-corrected chi connectivity index (χ4v) is 2.03. The van der Waals surface area contributed by atoms with Gasteiger partial charge in [-0.2, -0.15) is 4.98 Å². The molecular weight excluding hydrogens is 204 g/mol. The van der Waals surface area contributed by atoms with Crippen LogP contribution in [0, 0.1) is 0 Å². The topological polar surface area (TPSA) is 68.2 Å². The van der Waals surface area contributed by atoms with Gasteiger partial charge in [-0.15, -0.1) is 0 Å². The first kappa shape index (κ1) is 11.4. The van der Waals surface area contributed by atoms with Crippen LogP contribution in [0.15, 0.2) is 4.52 Å². The second kappa shape index (κ2) is 5.30. The highest BCUT2D eigenvalue weighted by Gasteiger charge is 2.19. The van der Waals surface area contributed by atoms with Crippen LogP contribution in [-0.4, -0.2) is 23.2 Å². The molecule has 1 aliphatic heterocycles. The summed E-state index contributed by atoms with van der Waals surface area (Å²) in [6, 6.07) is -0.115. The fourth-order valence-electron chi connectivity index (χ4n) is 2.03. The van der Waals surface area contributed by atoms with Crippen molar-refractivity contribution >= 4 is 5.95 Å². The summed E-state index contributed by atoms with van der Waals surface area (Å²) in [5, 5.41) is 4.00. The minimum Gasteiger partial charge on any atom is -0.338 e. The number of hydrogen-bond acceptors (Lipinski definition) is 5. The Morgan fingerprint density at radius 1 is 1.38 bits per heavy atom. The van der Waals surface area contributed by atoms with E-state index in [2.05, 4.69) is 22.0 Å². The van der Waals surface area contributed by atoms with Crippen molar-refractivity contribution in [2.24, 2.45) is 5.73 Å². The van der Waals surface area contributed by atoms with Gasteiger partial charge in [-0.05, 0) is 30.8 Å². The largest absolute Gasteiger partial charge is 0.338 e. The lowest BCUT2D eigenvalue weighted by molar-refractivity contribution is 0.346. The van der Waals surface area contributed by atoms with Gasteiger partial charge in [0.05, 0.1) is 6.04 Å². The second-order valence-electron chi connectivity index (χ2n) is 4.38. The van der Waals surface area contributed by atoms with Crippen LogP contribution in [0.1, 0.15) is 51.0 Å². The maximum atomic E-state index is 5.93. The van der Waals surface area contributed by atoms with E-state index < -0.39 is 0 Å². The Labute approximate surface area is 96.0 Å². The molecule has 1 fully saturated rings. The van der Waals surface area contributed by atoms with Gasteiger partial charge < -0.3 is 15.2 Å². The molecule has 5 nitrogen and oxygen atoms in total. The number of piperidine rings is 1. The van der Waals surface area contributed by atoms with E-state index in [1.807, 2.05) is 0 Å². The van der Waals surface area contributed by atoms with E-state index in [1.165, 1.54) is 19.3 Å². The zero-order chi connectivity index (χ0) is 11.4.